The van der Waals surface area contributed by atoms with Gasteiger partial charge in [-0.3, -0.25) is 4.98 Å². The van der Waals surface area contributed by atoms with Gasteiger partial charge in [-0.25, -0.2) is 0 Å². The topological polar surface area (TPSA) is 24.9 Å². The van der Waals surface area contributed by atoms with Crippen LogP contribution in [0.2, 0.25) is 0 Å². The molecule has 1 N–H and O–H groups in total. The van der Waals surface area contributed by atoms with E-state index in [-0.39, 0.29) is 0 Å². The second-order valence-corrected chi connectivity index (χ2v) is 4.55. The first-order valence-corrected chi connectivity index (χ1v) is 6.55. The third-order valence-electron chi connectivity index (χ3n) is 2.98. The van der Waals surface area contributed by atoms with Crippen molar-refractivity contribution >= 4 is 16.8 Å². The lowest BCUT2D eigenvalue weighted by atomic mass is 10.1. The van der Waals surface area contributed by atoms with E-state index >= 15 is 0 Å². The van der Waals surface area contributed by atoms with E-state index in [0.717, 1.165) is 13.0 Å². The highest BCUT2D eigenvalue weighted by molar-refractivity contribution is 5.89. The van der Waals surface area contributed by atoms with Crippen LogP contribution in [0.4, 0.5) is 0 Å². The van der Waals surface area contributed by atoms with E-state index in [1.165, 1.54) is 16.3 Å². The molecule has 2 heteroatoms. The van der Waals surface area contributed by atoms with E-state index in [2.05, 4.69) is 54.5 Å². The maximum Gasteiger partial charge on any atom is 0.0346 e. The fourth-order valence-electron chi connectivity index (χ4n) is 1.96. The maximum absolute atomic E-state index is 4.28. The van der Waals surface area contributed by atoms with Crippen LogP contribution in [0.1, 0.15) is 25.8 Å². The second kappa shape index (κ2) is 6.31. The van der Waals surface area contributed by atoms with Gasteiger partial charge in [-0.2, -0.15) is 0 Å². The minimum Gasteiger partial charge on any atom is -0.311 e. The molecule has 0 fully saturated rings. The molecule has 94 valence electrons. The molecule has 1 aromatic heterocycles. The molecule has 0 aliphatic carbocycles. The Balaban J connectivity index is 2.18. The zero-order valence-corrected chi connectivity index (χ0v) is 11.1. The normalized spacial score (nSPS) is 13.2. The highest BCUT2D eigenvalue weighted by Crippen LogP contribution is 2.18. The number of nitrogens with zero attached hydrogens (tertiary/aromatic N) is 1. The summed E-state index contributed by atoms with van der Waals surface area (Å²) < 4.78 is 0. The summed E-state index contributed by atoms with van der Waals surface area (Å²) in [5, 5.41) is 5.89. The Morgan fingerprint density at radius 3 is 2.94 bits per heavy atom. The largest absolute Gasteiger partial charge is 0.311 e. The van der Waals surface area contributed by atoms with Gasteiger partial charge in [0.15, 0.2) is 0 Å². The molecule has 2 aromatic rings. The first-order chi connectivity index (χ1) is 8.81. The van der Waals surface area contributed by atoms with E-state index in [0.29, 0.717) is 6.04 Å². The molecule has 0 saturated heterocycles. The highest BCUT2D eigenvalue weighted by atomic mass is 14.9. The number of fused-ring (bicyclic) bond motifs is 1. The molecule has 1 unspecified atom stereocenters. The van der Waals surface area contributed by atoms with Crippen molar-refractivity contribution in [3.8, 4) is 0 Å². The number of rotatable bonds is 5. The first kappa shape index (κ1) is 12.8. The SMILES string of the molecule is CCCNC(C)/C=C/c1cncc2ccccc12. The van der Waals surface area contributed by atoms with Gasteiger partial charge in [0, 0.05) is 29.4 Å². The van der Waals surface area contributed by atoms with Gasteiger partial charge in [-0.05, 0) is 25.3 Å². The molecule has 1 heterocycles. The third kappa shape index (κ3) is 3.17. The summed E-state index contributed by atoms with van der Waals surface area (Å²) >= 11 is 0. The van der Waals surface area contributed by atoms with Gasteiger partial charge < -0.3 is 5.32 Å². The van der Waals surface area contributed by atoms with E-state index in [4.69, 9.17) is 0 Å². The number of benzene rings is 1. The number of hydrogen-bond donors (Lipinski definition) is 1. The second-order valence-electron chi connectivity index (χ2n) is 4.55. The predicted molar refractivity (Wildman–Crippen MR) is 78.5 cm³/mol. The standard InChI is InChI=1S/C16H20N2/c1-3-10-18-13(2)8-9-15-12-17-11-14-6-4-5-7-16(14)15/h4-9,11-13,18H,3,10H2,1-2H3/b9-8+. The molecule has 2 rings (SSSR count). The summed E-state index contributed by atoms with van der Waals surface area (Å²) in [5.74, 6) is 0. The monoisotopic (exact) mass is 240 g/mol. The fourth-order valence-corrected chi connectivity index (χ4v) is 1.96. The molecule has 1 aromatic carbocycles. The average molecular weight is 240 g/mol. The highest BCUT2D eigenvalue weighted by Gasteiger charge is 1.98. The number of nitrogens with one attached hydrogen (secondary N) is 1. The number of aromatic nitrogens is 1. The molecule has 0 aliphatic rings. The van der Waals surface area contributed by atoms with E-state index in [1.54, 1.807) is 0 Å². The molecule has 0 spiro atoms. The van der Waals surface area contributed by atoms with Crippen molar-refractivity contribution in [2.24, 2.45) is 0 Å². The van der Waals surface area contributed by atoms with Crippen molar-refractivity contribution in [1.82, 2.24) is 10.3 Å². The van der Waals surface area contributed by atoms with E-state index in [1.807, 2.05) is 18.5 Å². The Bertz CT molecular complexity index is 526. The van der Waals surface area contributed by atoms with Crippen LogP contribution in [0, 0.1) is 0 Å². The fraction of sp³-hybridized carbons (Fsp3) is 0.312. The van der Waals surface area contributed by atoms with Crippen LogP contribution in [-0.2, 0) is 0 Å². The molecule has 0 bridgehead atoms. The molecule has 2 nitrogen and oxygen atoms in total. The summed E-state index contributed by atoms with van der Waals surface area (Å²) in [4.78, 5) is 4.28. The smallest absolute Gasteiger partial charge is 0.0346 e. The lowest BCUT2D eigenvalue weighted by molar-refractivity contribution is 0.625. The molecular formula is C16H20N2. The summed E-state index contributed by atoms with van der Waals surface area (Å²) in [6, 6.07) is 8.74. The van der Waals surface area contributed by atoms with Crippen molar-refractivity contribution in [2.75, 3.05) is 6.54 Å². The Labute approximate surface area is 109 Å². The average Bonchev–Trinajstić information content (AvgIpc) is 2.42. The molecule has 0 saturated carbocycles. The van der Waals surface area contributed by atoms with Crippen LogP contribution in [0.15, 0.2) is 42.7 Å². The first-order valence-electron chi connectivity index (χ1n) is 6.55. The van der Waals surface area contributed by atoms with E-state index < -0.39 is 0 Å². The van der Waals surface area contributed by atoms with Gasteiger partial charge in [-0.15, -0.1) is 0 Å². The van der Waals surface area contributed by atoms with Gasteiger partial charge in [0.05, 0.1) is 0 Å². The Morgan fingerprint density at radius 1 is 1.28 bits per heavy atom. The van der Waals surface area contributed by atoms with E-state index in [9.17, 15) is 0 Å². The summed E-state index contributed by atoms with van der Waals surface area (Å²) in [6.45, 7) is 5.40. The van der Waals surface area contributed by atoms with Gasteiger partial charge in [0.2, 0.25) is 0 Å². The summed E-state index contributed by atoms with van der Waals surface area (Å²) in [7, 11) is 0. The van der Waals surface area contributed by atoms with Crippen LogP contribution < -0.4 is 5.32 Å². The third-order valence-corrected chi connectivity index (χ3v) is 2.98. The van der Waals surface area contributed by atoms with Gasteiger partial charge in [0.1, 0.15) is 0 Å². The molecular weight excluding hydrogens is 220 g/mol. The van der Waals surface area contributed by atoms with Crippen LogP contribution in [-0.4, -0.2) is 17.6 Å². The Morgan fingerprint density at radius 2 is 2.11 bits per heavy atom. The minimum atomic E-state index is 0.393. The molecule has 18 heavy (non-hydrogen) atoms. The van der Waals surface area contributed by atoms with Crippen molar-refractivity contribution in [3.05, 3.63) is 48.3 Å². The summed E-state index contributed by atoms with van der Waals surface area (Å²) in [5.41, 5.74) is 1.18. The van der Waals surface area contributed by atoms with Gasteiger partial charge in [0.25, 0.3) is 0 Å². The Hall–Kier alpha value is -1.67. The summed E-state index contributed by atoms with van der Waals surface area (Å²) in [6.07, 6.45) is 9.34. The zero-order valence-electron chi connectivity index (χ0n) is 11.1. The van der Waals surface area contributed by atoms with Crippen molar-refractivity contribution in [2.45, 2.75) is 26.3 Å². The van der Waals surface area contributed by atoms with Crippen molar-refractivity contribution in [3.63, 3.8) is 0 Å². The lowest BCUT2D eigenvalue weighted by Crippen LogP contribution is -2.24. The van der Waals surface area contributed by atoms with Crippen molar-refractivity contribution < 1.29 is 0 Å². The quantitative estimate of drug-likeness (QED) is 0.863. The van der Waals surface area contributed by atoms with Crippen molar-refractivity contribution in [1.29, 1.82) is 0 Å². The maximum atomic E-state index is 4.28. The zero-order chi connectivity index (χ0) is 12.8. The molecule has 0 radical (unpaired) electrons. The molecule has 1 atom stereocenters. The lowest BCUT2D eigenvalue weighted by Gasteiger charge is -2.08. The number of pyridine rings is 1. The van der Waals surface area contributed by atoms with Crippen LogP contribution in [0.3, 0.4) is 0 Å². The van der Waals surface area contributed by atoms with Gasteiger partial charge in [-0.1, -0.05) is 43.3 Å². The van der Waals surface area contributed by atoms with Crippen LogP contribution in [0.5, 0.6) is 0 Å². The predicted octanol–water partition coefficient (Wildman–Crippen LogP) is 3.64. The molecule has 0 amide bonds. The Kier molecular flexibility index (Phi) is 4.48. The molecule has 0 aliphatic heterocycles. The number of hydrogen-bond acceptors (Lipinski definition) is 2. The van der Waals surface area contributed by atoms with Gasteiger partial charge >= 0.3 is 0 Å². The van der Waals surface area contributed by atoms with Crippen LogP contribution >= 0.6 is 0 Å². The van der Waals surface area contributed by atoms with Crippen LogP contribution in [0.25, 0.3) is 16.8 Å². The minimum absolute atomic E-state index is 0.393.